The molecule has 9 nitrogen and oxygen atoms in total. The van der Waals surface area contributed by atoms with Crippen LogP contribution in [-0.2, 0) is 24.1 Å². The predicted molar refractivity (Wildman–Crippen MR) is 126 cm³/mol. The number of rotatable bonds is 6. The van der Waals surface area contributed by atoms with E-state index in [2.05, 4.69) is 14.9 Å². The quantitative estimate of drug-likeness (QED) is 0.497. The number of H-pyrrole nitrogens is 1. The molecule has 0 saturated carbocycles. The van der Waals surface area contributed by atoms with Crippen molar-refractivity contribution >= 4 is 27.5 Å². The number of ether oxygens (including phenoxy) is 2. The smallest absolute Gasteiger partial charge is 0.372 e. The SMILES string of the molecule is NCc1cccc(OCCN2CCOCC2)c1.O=C(O)c1nc2sc3c(c2c(=O)[nH]1)CCC3. The summed E-state index contributed by atoms with van der Waals surface area (Å²) >= 11 is 1.44. The fourth-order valence-corrected chi connectivity index (χ4v) is 5.25. The lowest BCUT2D eigenvalue weighted by atomic mass is 10.2. The van der Waals surface area contributed by atoms with E-state index in [9.17, 15) is 9.59 Å². The third-order valence-corrected chi connectivity index (χ3v) is 6.88. The molecular formula is C23H28N4O5S. The summed E-state index contributed by atoms with van der Waals surface area (Å²) in [4.78, 5) is 32.9. The molecule has 5 rings (SSSR count). The van der Waals surface area contributed by atoms with E-state index < -0.39 is 5.97 Å². The van der Waals surface area contributed by atoms with Crippen LogP contribution in [0.4, 0.5) is 0 Å². The minimum Gasteiger partial charge on any atom is -0.492 e. The number of nitrogens with two attached hydrogens (primary N) is 1. The molecule has 176 valence electrons. The zero-order valence-electron chi connectivity index (χ0n) is 18.3. The van der Waals surface area contributed by atoms with Crippen LogP contribution in [0.1, 0.15) is 33.0 Å². The number of aromatic amines is 1. The van der Waals surface area contributed by atoms with Gasteiger partial charge in [-0.05, 0) is 42.5 Å². The van der Waals surface area contributed by atoms with Crippen LogP contribution in [0, 0.1) is 0 Å². The van der Waals surface area contributed by atoms with Crippen LogP contribution in [0.25, 0.3) is 10.2 Å². The van der Waals surface area contributed by atoms with Gasteiger partial charge >= 0.3 is 5.97 Å². The Hall–Kier alpha value is -2.79. The van der Waals surface area contributed by atoms with Gasteiger partial charge in [0.1, 0.15) is 17.2 Å². The zero-order chi connectivity index (χ0) is 23.2. The summed E-state index contributed by atoms with van der Waals surface area (Å²) in [5.74, 6) is -0.578. The van der Waals surface area contributed by atoms with Gasteiger partial charge in [-0.15, -0.1) is 11.3 Å². The molecular weight excluding hydrogens is 444 g/mol. The maximum absolute atomic E-state index is 11.8. The second kappa shape index (κ2) is 10.9. The predicted octanol–water partition coefficient (Wildman–Crippen LogP) is 2.03. The Morgan fingerprint density at radius 2 is 2.12 bits per heavy atom. The lowest BCUT2D eigenvalue weighted by Gasteiger charge is -2.26. The Bertz CT molecular complexity index is 1170. The molecule has 1 saturated heterocycles. The first-order valence-electron chi connectivity index (χ1n) is 11.0. The number of aromatic nitrogens is 2. The Morgan fingerprint density at radius 1 is 1.30 bits per heavy atom. The number of nitrogens with one attached hydrogen (secondary N) is 1. The lowest BCUT2D eigenvalue weighted by molar-refractivity contribution is 0.0322. The number of aryl methyl sites for hydroxylation is 2. The molecule has 0 amide bonds. The number of hydrogen-bond donors (Lipinski definition) is 3. The summed E-state index contributed by atoms with van der Waals surface area (Å²) in [7, 11) is 0. The molecule has 3 heterocycles. The second-order valence-corrected chi connectivity index (χ2v) is 8.99. The highest BCUT2D eigenvalue weighted by Gasteiger charge is 2.22. The standard InChI is InChI=1S/C13H20N2O2.C10H8N2O3S/c14-11-12-2-1-3-13(10-12)17-9-6-15-4-7-16-8-5-15;13-8-6-4-2-1-3-5(4)16-9(6)12-7(11-8)10(14)15/h1-3,10H,4-9,11,14H2;1-3H2,(H,14,15)(H,11,12,13). The molecule has 0 radical (unpaired) electrons. The summed E-state index contributed by atoms with van der Waals surface area (Å²) in [6.07, 6.45) is 2.93. The number of nitrogens with zero attached hydrogens (tertiary/aromatic N) is 2. The van der Waals surface area contributed by atoms with E-state index in [4.69, 9.17) is 20.3 Å². The van der Waals surface area contributed by atoms with Gasteiger partial charge in [0.15, 0.2) is 0 Å². The highest BCUT2D eigenvalue weighted by Crippen LogP contribution is 2.34. The van der Waals surface area contributed by atoms with Crippen LogP contribution in [-0.4, -0.2) is 65.4 Å². The van der Waals surface area contributed by atoms with Gasteiger partial charge in [-0.3, -0.25) is 9.69 Å². The average molecular weight is 473 g/mol. The van der Waals surface area contributed by atoms with E-state index in [1.54, 1.807) is 0 Å². The van der Waals surface area contributed by atoms with Gasteiger partial charge in [0.2, 0.25) is 5.82 Å². The molecule has 2 aliphatic rings. The van der Waals surface area contributed by atoms with E-state index in [-0.39, 0.29) is 11.4 Å². The number of morpholine rings is 1. The van der Waals surface area contributed by atoms with Crippen molar-refractivity contribution in [3.05, 3.63) is 56.4 Å². The number of carboxylic acids is 1. The third-order valence-electron chi connectivity index (χ3n) is 5.69. The first-order chi connectivity index (χ1) is 16.0. The molecule has 1 aliphatic heterocycles. The van der Waals surface area contributed by atoms with Gasteiger partial charge < -0.3 is 25.3 Å². The van der Waals surface area contributed by atoms with Crippen molar-refractivity contribution in [3.8, 4) is 5.75 Å². The first-order valence-corrected chi connectivity index (χ1v) is 11.9. The second-order valence-electron chi connectivity index (χ2n) is 7.91. The number of benzene rings is 1. The Balaban J connectivity index is 0.000000157. The van der Waals surface area contributed by atoms with E-state index in [0.29, 0.717) is 23.4 Å². The number of thiophene rings is 1. The summed E-state index contributed by atoms with van der Waals surface area (Å²) in [5, 5.41) is 9.37. The van der Waals surface area contributed by atoms with Crippen molar-refractivity contribution < 1.29 is 19.4 Å². The van der Waals surface area contributed by atoms with Crippen molar-refractivity contribution in [1.82, 2.24) is 14.9 Å². The Kier molecular flexibility index (Phi) is 7.71. The molecule has 1 fully saturated rings. The molecule has 2 aromatic heterocycles. The largest absolute Gasteiger partial charge is 0.492 e. The van der Waals surface area contributed by atoms with Gasteiger partial charge in [0.05, 0.1) is 18.6 Å². The highest BCUT2D eigenvalue weighted by molar-refractivity contribution is 7.18. The normalized spacial score (nSPS) is 15.7. The van der Waals surface area contributed by atoms with Gasteiger partial charge in [-0.1, -0.05) is 12.1 Å². The maximum atomic E-state index is 11.8. The Morgan fingerprint density at radius 3 is 2.88 bits per heavy atom. The maximum Gasteiger partial charge on any atom is 0.372 e. The monoisotopic (exact) mass is 472 g/mol. The number of carboxylic acid groups (broad SMARTS) is 1. The minimum absolute atomic E-state index is 0.280. The molecule has 0 atom stereocenters. The van der Waals surface area contributed by atoms with Crippen molar-refractivity contribution in [2.75, 3.05) is 39.5 Å². The topological polar surface area (TPSA) is 131 Å². The van der Waals surface area contributed by atoms with Gasteiger partial charge in [-0.2, -0.15) is 0 Å². The van der Waals surface area contributed by atoms with Crippen LogP contribution >= 0.6 is 11.3 Å². The molecule has 3 aromatic rings. The number of fused-ring (bicyclic) bond motifs is 3. The summed E-state index contributed by atoms with van der Waals surface area (Å²) in [5.41, 5.74) is 7.42. The van der Waals surface area contributed by atoms with Gasteiger partial charge in [0, 0.05) is 31.1 Å². The first kappa shape index (κ1) is 23.4. The summed E-state index contributed by atoms with van der Waals surface area (Å²) in [6, 6.07) is 7.96. The number of aromatic carboxylic acids is 1. The zero-order valence-corrected chi connectivity index (χ0v) is 19.2. The molecule has 33 heavy (non-hydrogen) atoms. The fraction of sp³-hybridized carbons (Fsp3) is 0.435. The van der Waals surface area contributed by atoms with Crippen LogP contribution in [0.5, 0.6) is 5.75 Å². The van der Waals surface area contributed by atoms with E-state index in [0.717, 1.165) is 69.0 Å². The average Bonchev–Trinajstić information content (AvgIpc) is 3.41. The van der Waals surface area contributed by atoms with Crippen LogP contribution < -0.4 is 16.0 Å². The van der Waals surface area contributed by atoms with E-state index >= 15 is 0 Å². The molecule has 0 spiro atoms. The molecule has 4 N–H and O–H groups in total. The van der Waals surface area contributed by atoms with E-state index in [1.165, 1.54) is 16.2 Å². The summed E-state index contributed by atoms with van der Waals surface area (Å²) in [6.45, 7) is 5.91. The van der Waals surface area contributed by atoms with Gasteiger partial charge in [-0.25, -0.2) is 9.78 Å². The van der Waals surface area contributed by atoms with Crippen molar-refractivity contribution in [1.29, 1.82) is 0 Å². The lowest BCUT2D eigenvalue weighted by Crippen LogP contribution is -2.38. The summed E-state index contributed by atoms with van der Waals surface area (Å²) < 4.78 is 11.0. The molecule has 1 aliphatic carbocycles. The minimum atomic E-state index is -1.20. The van der Waals surface area contributed by atoms with Crippen LogP contribution in [0.3, 0.4) is 0 Å². The third kappa shape index (κ3) is 5.77. The van der Waals surface area contributed by atoms with Crippen molar-refractivity contribution in [2.24, 2.45) is 5.73 Å². The number of carbonyl (C=O) groups is 1. The van der Waals surface area contributed by atoms with Crippen molar-refractivity contribution in [2.45, 2.75) is 25.8 Å². The van der Waals surface area contributed by atoms with Gasteiger partial charge in [0.25, 0.3) is 5.56 Å². The van der Waals surface area contributed by atoms with Crippen LogP contribution in [0.15, 0.2) is 29.1 Å². The molecule has 0 bridgehead atoms. The molecule has 10 heteroatoms. The number of hydrogen-bond acceptors (Lipinski definition) is 8. The molecule has 1 aromatic carbocycles. The Labute approximate surface area is 195 Å². The molecule has 0 unspecified atom stereocenters. The van der Waals surface area contributed by atoms with Crippen molar-refractivity contribution in [3.63, 3.8) is 0 Å². The fourth-order valence-electron chi connectivity index (χ4n) is 3.98. The van der Waals surface area contributed by atoms with E-state index in [1.807, 2.05) is 24.3 Å². The van der Waals surface area contributed by atoms with Crippen LogP contribution in [0.2, 0.25) is 0 Å². The highest BCUT2D eigenvalue weighted by atomic mass is 32.1.